The lowest BCUT2D eigenvalue weighted by Gasteiger charge is -2.38. The quantitative estimate of drug-likeness (QED) is 0.546. The van der Waals surface area contributed by atoms with Gasteiger partial charge in [-0.05, 0) is 40.1 Å². The lowest BCUT2D eigenvalue weighted by molar-refractivity contribution is -0.385. The number of hydrogen-bond acceptors (Lipinski definition) is 6. The van der Waals surface area contributed by atoms with E-state index < -0.39 is 4.92 Å². The molecule has 1 heterocycles. The largest absolute Gasteiger partial charge is 0.490 e. The van der Waals surface area contributed by atoms with E-state index in [1.165, 1.54) is 13.2 Å². The van der Waals surface area contributed by atoms with Crippen LogP contribution in [0.2, 0.25) is 0 Å². The van der Waals surface area contributed by atoms with Crippen molar-refractivity contribution in [3.8, 4) is 5.75 Å². The summed E-state index contributed by atoms with van der Waals surface area (Å²) in [6, 6.07) is 5.72. The Morgan fingerprint density at radius 2 is 1.81 bits per heavy atom. The first-order valence-electron chi connectivity index (χ1n) is 9.34. The highest BCUT2D eigenvalue weighted by molar-refractivity contribution is 5.59. The maximum atomic E-state index is 11.0. The number of methoxy groups -OCH3 is 1. The van der Waals surface area contributed by atoms with Crippen LogP contribution in [0.15, 0.2) is 18.2 Å². The minimum absolute atomic E-state index is 0.0135. The van der Waals surface area contributed by atoms with Gasteiger partial charge in [0.2, 0.25) is 0 Å². The van der Waals surface area contributed by atoms with E-state index in [1.54, 1.807) is 6.07 Å². The molecule has 0 aromatic heterocycles. The maximum absolute atomic E-state index is 11.0. The Morgan fingerprint density at radius 1 is 1.19 bits per heavy atom. The highest BCUT2D eigenvalue weighted by atomic mass is 16.6. The Labute approximate surface area is 157 Å². The predicted molar refractivity (Wildman–Crippen MR) is 107 cm³/mol. The second-order valence-electron chi connectivity index (χ2n) is 6.62. The van der Waals surface area contributed by atoms with Crippen LogP contribution in [0.4, 0.5) is 11.4 Å². The Bertz CT molecular complexity index is 558. The molecule has 0 spiro atoms. The molecule has 1 aromatic rings. The normalized spacial score (nSPS) is 15.0. The third-order valence-corrected chi connectivity index (χ3v) is 4.71. The lowest BCUT2D eigenvalue weighted by atomic mass is 10.0. The maximum Gasteiger partial charge on any atom is 0.311 e. The van der Waals surface area contributed by atoms with Gasteiger partial charge in [0.1, 0.15) is 0 Å². The summed E-state index contributed by atoms with van der Waals surface area (Å²) in [5.41, 5.74) is 1.01. The first-order chi connectivity index (χ1) is 12.4. The van der Waals surface area contributed by atoms with E-state index in [0.29, 0.717) is 11.8 Å². The van der Waals surface area contributed by atoms with E-state index in [9.17, 15) is 10.1 Å². The van der Waals surface area contributed by atoms with Gasteiger partial charge in [0, 0.05) is 50.0 Å². The van der Waals surface area contributed by atoms with Crippen molar-refractivity contribution in [1.82, 2.24) is 9.80 Å². The molecule has 0 atom stereocenters. The van der Waals surface area contributed by atoms with Crippen molar-refractivity contribution in [1.29, 1.82) is 0 Å². The molecular formula is C19H34N4O3. The topological polar surface area (TPSA) is 62.1 Å². The number of nitro groups is 1. The lowest BCUT2D eigenvalue weighted by Crippen LogP contribution is -2.45. The number of nitro benzene ring substituents is 1. The van der Waals surface area contributed by atoms with Crippen LogP contribution in [-0.4, -0.2) is 75.2 Å². The number of rotatable bonds is 7. The van der Waals surface area contributed by atoms with Crippen molar-refractivity contribution < 1.29 is 9.66 Å². The molecule has 0 radical (unpaired) electrons. The molecule has 148 valence electrons. The van der Waals surface area contributed by atoms with Crippen molar-refractivity contribution in [2.75, 3.05) is 59.3 Å². The van der Waals surface area contributed by atoms with Gasteiger partial charge in [-0.25, -0.2) is 0 Å². The van der Waals surface area contributed by atoms with Crippen LogP contribution < -0.4 is 9.64 Å². The van der Waals surface area contributed by atoms with Crippen molar-refractivity contribution in [3.05, 3.63) is 28.3 Å². The summed E-state index contributed by atoms with van der Waals surface area (Å²) in [4.78, 5) is 17.5. The summed E-state index contributed by atoms with van der Waals surface area (Å²) >= 11 is 0. The molecule has 26 heavy (non-hydrogen) atoms. The van der Waals surface area contributed by atoms with E-state index in [1.807, 2.05) is 19.9 Å². The van der Waals surface area contributed by atoms with Crippen LogP contribution in [0.1, 0.15) is 26.7 Å². The molecule has 1 fully saturated rings. The number of likely N-dealkylation sites (N-methyl/N-ethyl adjacent to an activating group) is 2. The fourth-order valence-corrected chi connectivity index (χ4v) is 3.12. The number of nitrogens with zero attached hydrogens (tertiary/aromatic N) is 4. The second-order valence-corrected chi connectivity index (χ2v) is 6.62. The molecule has 0 amide bonds. The third-order valence-electron chi connectivity index (χ3n) is 4.71. The molecular weight excluding hydrogens is 332 g/mol. The summed E-state index contributed by atoms with van der Waals surface area (Å²) in [5.74, 6) is 0.322. The minimum Gasteiger partial charge on any atom is -0.490 e. The second kappa shape index (κ2) is 11.0. The molecule has 0 N–H and O–H groups in total. The molecule has 0 unspecified atom stereocenters. The Hall–Kier alpha value is -1.86. The van der Waals surface area contributed by atoms with Crippen LogP contribution in [0.3, 0.4) is 0 Å². The Balaban J connectivity index is 0.00000163. The molecule has 1 aliphatic heterocycles. The van der Waals surface area contributed by atoms with Crippen molar-refractivity contribution in [3.63, 3.8) is 0 Å². The van der Waals surface area contributed by atoms with Gasteiger partial charge < -0.3 is 19.4 Å². The fraction of sp³-hybridized carbons (Fsp3) is 0.684. The standard InChI is InChI=1S/C17H28N4O3.C2H6/c1-18(2)11-12-19(3)14-7-9-20(10-8-14)15-5-6-16(21(22)23)17(13-15)24-4;1-2/h5-6,13-14H,7-12H2,1-4H3;1-2H3. The molecule has 7 nitrogen and oxygen atoms in total. The van der Waals surface area contributed by atoms with Crippen LogP contribution in [-0.2, 0) is 0 Å². The van der Waals surface area contributed by atoms with Gasteiger partial charge >= 0.3 is 5.69 Å². The number of piperidine rings is 1. The van der Waals surface area contributed by atoms with E-state index in [-0.39, 0.29) is 5.69 Å². The highest BCUT2D eigenvalue weighted by Gasteiger charge is 2.24. The van der Waals surface area contributed by atoms with Gasteiger partial charge in [0.05, 0.1) is 12.0 Å². The summed E-state index contributed by atoms with van der Waals surface area (Å²) in [6.45, 7) is 8.05. The van der Waals surface area contributed by atoms with Gasteiger partial charge in [0.15, 0.2) is 5.75 Å². The molecule has 0 bridgehead atoms. The number of hydrogen-bond donors (Lipinski definition) is 0. The smallest absolute Gasteiger partial charge is 0.311 e. The van der Waals surface area contributed by atoms with Gasteiger partial charge in [-0.1, -0.05) is 13.8 Å². The first kappa shape index (κ1) is 22.2. The summed E-state index contributed by atoms with van der Waals surface area (Å²) in [7, 11) is 7.85. The molecule has 1 aliphatic rings. The van der Waals surface area contributed by atoms with Crippen molar-refractivity contribution in [2.24, 2.45) is 0 Å². The zero-order valence-electron chi connectivity index (χ0n) is 17.1. The van der Waals surface area contributed by atoms with E-state index in [2.05, 4.69) is 35.8 Å². The summed E-state index contributed by atoms with van der Waals surface area (Å²) in [5, 5.41) is 11.0. The average Bonchev–Trinajstić information content (AvgIpc) is 2.67. The SMILES string of the molecule is CC.COc1cc(N2CCC(N(C)CCN(C)C)CC2)ccc1[N+](=O)[O-]. The summed E-state index contributed by atoms with van der Waals surface area (Å²) in [6.07, 6.45) is 2.20. The van der Waals surface area contributed by atoms with Crippen LogP contribution in [0, 0.1) is 10.1 Å². The molecule has 0 saturated carbocycles. The minimum atomic E-state index is -0.408. The zero-order chi connectivity index (χ0) is 19.7. The van der Waals surface area contributed by atoms with Crippen LogP contribution in [0.5, 0.6) is 5.75 Å². The fourth-order valence-electron chi connectivity index (χ4n) is 3.12. The van der Waals surface area contributed by atoms with Crippen molar-refractivity contribution in [2.45, 2.75) is 32.7 Å². The van der Waals surface area contributed by atoms with Gasteiger partial charge in [0.25, 0.3) is 0 Å². The monoisotopic (exact) mass is 366 g/mol. The van der Waals surface area contributed by atoms with Crippen molar-refractivity contribution >= 4 is 11.4 Å². The van der Waals surface area contributed by atoms with E-state index in [0.717, 1.165) is 44.7 Å². The van der Waals surface area contributed by atoms with Gasteiger partial charge in [-0.2, -0.15) is 0 Å². The molecule has 1 aromatic carbocycles. The molecule has 7 heteroatoms. The first-order valence-corrected chi connectivity index (χ1v) is 9.34. The third kappa shape index (κ3) is 6.14. The molecule has 2 rings (SSSR count). The number of benzene rings is 1. The van der Waals surface area contributed by atoms with Gasteiger partial charge in [-0.3, -0.25) is 10.1 Å². The highest BCUT2D eigenvalue weighted by Crippen LogP contribution is 2.32. The Kier molecular flexibility index (Phi) is 9.37. The molecule has 1 saturated heterocycles. The molecule has 0 aliphatic carbocycles. The van der Waals surface area contributed by atoms with Crippen LogP contribution in [0.25, 0.3) is 0 Å². The zero-order valence-corrected chi connectivity index (χ0v) is 17.1. The van der Waals surface area contributed by atoms with Gasteiger partial charge in [-0.15, -0.1) is 0 Å². The van der Waals surface area contributed by atoms with E-state index >= 15 is 0 Å². The average molecular weight is 367 g/mol. The predicted octanol–water partition coefficient (Wildman–Crippen LogP) is 3.09. The number of anilines is 1. The van der Waals surface area contributed by atoms with Crippen LogP contribution >= 0.6 is 0 Å². The Morgan fingerprint density at radius 3 is 2.31 bits per heavy atom. The summed E-state index contributed by atoms with van der Waals surface area (Å²) < 4.78 is 5.17. The van der Waals surface area contributed by atoms with E-state index in [4.69, 9.17) is 4.74 Å². The number of ether oxygens (including phenoxy) is 1.